The lowest BCUT2D eigenvalue weighted by Crippen LogP contribution is -2.52. The Morgan fingerprint density at radius 3 is 2.06 bits per heavy atom. The lowest BCUT2D eigenvalue weighted by atomic mass is 9.79. The van der Waals surface area contributed by atoms with E-state index in [1.165, 1.54) is 5.57 Å². The Kier molecular flexibility index (Phi) is 7.26. The summed E-state index contributed by atoms with van der Waals surface area (Å²) in [6.07, 6.45) is 3.35. The molecule has 0 aromatic heterocycles. The number of fused-ring (bicyclic) bond motifs is 1. The summed E-state index contributed by atoms with van der Waals surface area (Å²) in [5, 5.41) is 0. The fourth-order valence-corrected chi connectivity index (χ4v) is 13.2. The number of nitrogens with zero attached hydrogens (tertiary/aromatic N) is 1. The molecule has 1 aliphatic carbocycles. The van der Waals surface area contributed by atoms with Crippen LogP contribution < -0.4 is 0 Å². The number of aryl methyl sites for hydroxylation is 1. The van der Waals surface area contributed by atoms with E-state index in [-0.39, 0.29) is 12.0 Å². The second kappa shape index (κ2) is 9.12. The first-order chi connectivity index (χ1) is 14.4. The van der Waals surface area contributed by atoms with E-state index in [0.717, 1.165) is 12.0 Å². The maximum atomic E-state index is 13.2. The minimum atomic E-state index is -3.47. The zero-order valence-corrected chi connectivity index (χ0v) is 22.4. The molecule has 174 valence electrons. The van der Waals surface area contributed by atoms with Crippen LogP contribution in [0.5, 0.6) is 0 Å². The van der Waals surface area contributed by atoms with Crippen LogP contribution in [0.2, 0.25) is 16.6 Å². The molecule has 6 heteroatoms. The molecule has 0 radical (unpaired) electrons. The van der Waals surface area contributed by atoms with E-state index in [4.69, 9.17) is 4.43 Å². The molecule has 2 aliphatic rings. The van der Waals surface area contributed by atoms with Gasteiger partial charge in [0.25, 0.3) is 0 Å². The van der Waals surface area contributed by atoms with Crippen molar-refractivity contribution < 1.29 is 12.8 Å². The number of rotatable bonds is 7. The molecule has 0 N–H and O–H groups in total. The molecule has 1 aromatic carbocycles. The van der Waals surface area contributed by atoms with Crippen LogP contribution in [0.3, 0.4) is 0 Å². The van der Waals surface area contributed by atoms with Crippen LogP contribution in [0, 0.1) is 18.8 Å². The summed E-state index contributed by atoms with van der Waals surface area (Å²) in [5.41, 5.74) is 3.98. The topological polar surface area (TPSA) is 46.6 Å². The zero-order chi connectivity index (χ0) is 23.1. The normalized spacial score (nSPS) is 25.4. The molecule has 0 bridgehead atoms. The zero-order valence-electron chi connectivity index (χ0n) is 20.6. The van der Waals surface area contributed by atoms with Crippen LogP contribution in [-0.4, -0.2) is 40.2 Å². The number of benzene rings is 1. The van der Waals surface area contributed by atoms with Crippen LogP contribution in [0.25, 0.3) is 0 Å². The first kappa shape index (κ1) is 24.7. The van der Waals surface area contributed by atoms with Gasteiger partial charge in [0.05, 0.1) is 11.0 Å². The Morgan fingerprint density at radius 1 is 1.00 bits per heavy atom. The van der Waals surface area contributed by atoms with Gasteiger partial charge in [0, 0.05) is 13.1 Å². The minimum absolute atomic E-state index is 0.176. The molecular formula is C25H41NO3SSi. The van der Waals surface area contributed by atoms with Crippen molar-refractivity contribution in [1.29, 1.82) is 0 Å². The molecule has 0 spiro atoms. The predicted octanol–water partition coefficient (Wildman–Crippen LogP) is 6.14. The monoisotopic (exact) mass is 463 g/mol. The van der Waals surface area contributed by atoms with Gasteiger partial charge >= 0.3 is 0 Å². The van der Waals surface area contributed by atoms with Crippen molar-refractivity contribution >= 4 is 18.3 Å². The predicted molar refractivity (Wildman–Crippen MR) is 131 cm³/mol. The Labute approximate surface area is 191 Å². The molecule has 1 heterocycles. The summed E-state index contributed by atoms with van der Waals surface area (Å²) in [5.74, 6) is 0.568. The lowest BCUT2D eigenvalue weighted by molar-refractivity contribution is 0.0929. The Hall–Kier alpha value is -0.953. The van der Waals surface area contributed by atoms with E-state index in [0.29, 0.717) is 40.5 Å². The molecule has 0 saturated carbocycles. The van der Waals surface area contributed by atoms with Gasteiger partial charge in [-0.3, -0.25) is 0 Å². The molecule has 31 heavy (non-hydrogen) atoms. The molecule has 3 atom stereocenters. The highest BCUT2D eigenvalue weighted by atomic mass is 32.2. The molecule has 1 aromatic rings. The highest BCUT2D eigenvalue weighted by Gasteiger charge is 2.49. The lowest BCUT2D eigenvalue weighted by Gasteiger charge is -2.47. The van der Waals surface area contributed by atoms with Crippen molar-refractivity contribution in [1.82, 2.24) is 4.31 Å². The molecule has 1 aliphatic heterocycles. The van der Waals surface area contributed by atoms with Crippen LogP contribution in [0.1, 0.15) is 60.5 Å². The summed E-state index contributed by atoms with van der Waals surface area (Å²) in [6, 6.07) is 7.19. The Morgan fingerprint density at radius 2 is 1.55 bits per heavy atom. The van der Waals surface area contributed by atoms with E-state index >= 15 is 0 Å². The molecule has 0 amide bonds. The van der Waals surface area contributed by atoms with E-state index in [1.54, 1.807) is 16.4 Å². The van der Waals surface area contributed by atoms with Crippen molar-refractivity contribution in [2.75, 3.05) is 13.1 Å². The summed E-state index contributed by atoms with van der Waals surface area (Å²) in [6.45, 7) is 19.3. The third-order valence-electron chi connectivity index (χ3n) is 7.79. The van der Waals surface area contributed by atoms with Crippen molar-refractivity contribution in [3.8, 4) is 0 Å². The van der Waals surface area contributed by atoms with Gasteiger partial charge in [0.1, 0.15) is 0 Å². The van der Waals surface area contributed by atoms with Crippen molar-refractivity contribution in [2.45, 2.75) is 89.4 Å². The van der Waals surface area contributed by atoms with Crippen LogP contribution in [0.4, 0.5) is 0 Å². The molecule has 1 fully saturated rings. The van der Waals surface area contributed by atoms with E-state index in [2.05, 4.69) is 54.5 Å². The van der Waals surface area contributed by atoms with Gasteiger partial charge in [-0.2, -0.15) is 4.31 Å². The van der Waals surface area contributed by atoms with Crippen LogP contribution in [0.15, 0.2) is 40.8 Å². The van der Waals surface area contributed by atoms with E-state index in [9.17, 15) is 8.42 Å². The highest BCUT2D eigenvalue weighted by Crippen LogP contribution is 2.47. The van der Waals surface area contributed by atoms with Gasteiger partial charge in [0.15, 0.2) is 0 Å². The molecule has 4 nitrogen and oxygen atoms in total. The average Bonchev–Trinajstić information content (AvgIpc) is 3.13. The van der Waals surface area contributed by atoms with Gasteiger partial charge in [-0.05, 0) is 53.9 Å². The Bertz CT molecular complexity index is 883. The van der Waals surface area contributed by atoms with Gasteiger partial charge in [-0.25, -0.2) is 8.42 Å². The van der Waals surface area contributed by atoms with Gasteiger partial charge in [-0.15, -0.1) is 0 Å². The third kappa shape index (κ3) is 4.46. The van der Waals surface area contributed by atoms with Crippen LogP contribution >= 0.6 is 0 Å². The molecule has 0 unspecified atom stereocenters. The first-order valence-electron chi connectivity index (χ1n) is 11.8. The van der Waals surface area contributed by atoms with E-state index < -0.39 is 18.3 Å². The second-order valence-electron chi connectivity index (χ2n) is 10.6. The maximum absolute atomic E-state index is 13.2. The second-order valence-corrected chi connectivity index (χ2v) is 17.9. The average molecular weight is 464 g/mol. The number of hydrogen-bond donors (Lipinski definition) is 0. The van der Waals surface area contributed by atoms with Crippen LogP contribution in [-0.2, 0) is 14.4 Å². The fraction of sp³-hybridized carbons (Fsp3) is 0.680. The summed E-state index contributed by atoms with van der Waals surface area (Å²) >= 11 is 0. The number of sulfonamides is 1. The minimum Gasteiger partial charge on any atom is -0.413 e. The third-order valence-corrected chi connectivity index (χ3v) is 15.7. The van der Waals surface area contributed by atoms with Crippen molar-refractivity contribution in [2.24, 2.45) is 11.8 Å². The first-order valence-corrected chi connectivity index (χ1v) is 15.4. The quantitative estimate of drug-likeness (QED) is 0.360. The fourth-order valence-electron chi connectivity index (χ4n) is 6.05. The number of hydrogen-bond acceptors (Lipinski definition) is 3. The largest absolute Gasteiger partial charge is 0.413 e. The molecule has 1 saturated heterocycles. The molecule has 3 rings (SSSR count). The van der Waals surface area contributed by atoms with Crippen molar-refractivity contribution in [3.05, 3.63) is 41.5 Å². The van der Waals surface area contributed by atoms with Gasteiger partial charge in [-0.1, -0.05) is 77.8 Å². The Balaban J connectivity index is 1.81. The van der Waals surface area contributed by atoms with Crippen molar-refractivity contribution in [3.63, 3.8) is 0 Å². The summed E-state index contributed by atoms with van der Waals surface area (Å²) < 4.78 is 35.3. The molecular weight excluding hydrogens is 422 g/mol. The highest BCUT2D eigenvalue weighted by molar-refractivity contribution is 7.89. The van der Waals surface area contributed by atoms with Gasteiger partial charge in [0.2, 0.25) is 18.3 Å². The summed E-state index contributed by atoms with van der Waals surface area (Å²) in [4.78, 5) is 0.392. The van der Waals surface area contributed by atoms with Gasteiger partial charge < -0.3 is 4.43 Å². The summed E-state index contributed by atoms with van der Waals surface area (Å²) in [7, 11) is -5.44. The maximum Gasteiger partial charge on any atom is 0.243 e. The SMILES string of the molecule is Cc1ccc(S(=O)(=O)N2CC3=CC[C@H](O[Si](C(C)C)(C(C)C)C(C)C)[C@H](C)[C@H]3C2)cc1. The smallest absolute Gasteiger partial charge is 0.243 e. The van der Waals surface area contributed by atoms with E-state index in [1.807, 2.05) is 19.1 Å². The standard InChI is InChI=1S/C25H41NO3SSi/c1-17(2)31(18(3)4,19(5)6)29-25-14-11-22-15-26(16-24(22)21(25)8)30(27,28)23-12-9-20(7)10-13-23/h9-13,17-19,21,24-25H,14-16H2,1-8H3/t21-,24-,25+/m1/s1.